The molecule has 0 atom stereocenters. The molecule has 0 spiro atoms. The summed E-state index contributed by atoms with van der Waals surface area (Å²) in [5.74, 6) is -0.531. The lowest BCUT2D eigenvalue weighted by atomic mass is 10.1. The summed E-state index contributed by atoms with van der Waals surface area (Å²) in [4.78, 5) is 45.7. The maximum absolute atomic E-state index is 12.4. The average molecular weight is 440 g/mol. The first-order chi connectivity index (χ1) is 15.3. The highest BCUT2D eigenvalue weighted by atomic mass is 16.4. The van der Waals surface area contributed by atoms with Gasteiger partial charge >= 0.3 is 11.7 Å². The van der Waals surface area contributed by atoms with Crippen molar-refractivity contribution in [1.29, 1.82) is 0 Å². The van der Waals surface area contributed by atoms with Gasteiger partial charge in [0.2, 0.25) is 0 Å². The van der Waals surface area contributed by atoms with Crippen molar-refractivity contribution in [3.8, 4) is 11.5 Å². The number of H-pyrrole nitrogens is 1. The van der Waals surface area contributed by atoms with Crippen molar-refractivity contribution in [1.82, 2.24) is 19.5 Å². The fraction of sp³-hybridized carbons (Fsp3) is 0.435. The zero-order valence-corrected chi connectivity index (χ0v) is 18.7. The lowest BCUT2D eigenvalue weighted by Crippen LogP contribution is -2.29. The number of aromatic amines is 1. The fourth-order valence-electron chi connectivity index (χ4n) is 3.60. The third-order valence-corrected chi connectivity index (χ3v) is 5.53. The van der Waals surface area contributed by atoms with Gasteiger partial charge in [0.05, 0.1) is 11.0 Å². The molecular weight excluding hydrogens is 410 g/mol. The average Bonchev–Trinajstić information content (AvgIpc) is 2.74. The van der Waals surface area contributed by atoms with E-state index in [4.69, 9.17) is 5.11 Å². The molecule has 3 rings (SSSR count). The van der Waals surface area contributed by atoms with Crippen LogP contribution in [-0.4, -0.2) is 37.1 Å². The van der Waals surface area contributed by atoms with Crippen molar-refractivity contribution in [2.75, 3.05) is 11.9 Å². The van der Waals surface area contributed by atoms with Crippen molar-refractivity contribution < 1.29 is 9.90 Å². The minimum atomic E-state index is -0.791. The van der Waals surface area contributed by atoms with Crippen LogP contribution in [0.3, 0.4) is 0 Å². The van der Waals surface area contributed by atoms with Crippen LogP contribution in [0.5, 0.6) is 0 Å². The SMILES string of the molecule is C/C=C(/C)CNc1cc2c(cc1C)nc1c(=O)[nH]c(=O)nc-1n2CCCCCCC(=O)O. The Labute approximate surface area is 185 Å². The number of anilines is 1. The maximum atomic E-state index is 12.4. The first-order valence-corrected chi connectivity index (χ1v) is 10.8. The fourth-order valence-corrected chi connectivity index (χ4v) is 3.60. The summed E-state index contributed by atoms with van der Waals surface area (Å²) in [6, 6.07) is 3.91. The highest BCUT2D eigenvalue weighted by Gasteiger charge is 2.19. The van der Waals surface area contributed by atoms with Crippen LogP contribution >= 0.6 is 0 Å². The molecule has 3 N–H and O–H groups in total. The van der Waals surface area contributed by atoms with Crippen LogP contribution in [0.4, 0.5) is 5.69 Å². The molecule has 0 amide bonds. The molecule has 0 aliphatic carbocycles. The van der Waals surface area contributed by atoms with Gasteiger partial charge in [-0.15, -0.1) is 0 Å². The minimum Gasteiger partial charge on any atom is -0.481 e. The van der Waals surface area contributed by atoms with Crippen molar-refractivity contribution in [2.45, 2.75) is 59.4 Å². The number of carboxylic acid groups (broad SMARTS) is 1. The molecule has 0 fully saturated rings. The molecule has 9 heteroatoms. The van der Waals surface area contributed by atoms with Gasteiger partial charge in [-0.1, -0.05) is 24.5 Å². The Balaban J connectivity index is 2.01. The summed E-state index contributed by atoms with van der Waals surface area (Å²) >= 11 is 0. The van der Waals surface area contributed by atoms with Gasteiger partial charge < -0.3 is 15.0 Å². The van der Waals surface area contributed by atoms with Crippen molar-refractivity contribution >= 4 is 22.7 Å². The van der Waals surface area contributed by atoms with Gasteiger partial charge in [0.1, 0.15) is 0 Å². The number of hydrogen-bond acceptors (Lipinski definition) is 6. The number of benzene rings is 1. The molecule has 1 aromatic carbocycles. The first kappa shape index (κ1) is 23.2. The number of aliphatic carboxylic acids is 1. The van der Waals surface area contributed by atoms with E-state index >= 15 is 0 Å². The second-order valence-electron chi connectivity index (χ2n) is 8.01. The Hall–Kier alpha value is -3.49. The largest absolute Gasteiger partial charge is 0.481 e. The van der Waals surface area contributed by atoms with E-state index in [1.807, 2.05) is 30.5 Å². The molecule has 2 aliphatic rings. The third-order valence-electron chi connectivity index (χ3n) is 5.53. The summed E-state index contributed by atoms with van der Waals surface area (Å²) in [5.41, 5.74) is 3.47. The van der Waals surface area contributed by atoms with E-state index in [9.17, 15) is 14.4 Å². The second kappa shape index (κ2) is 10.2. The van der Waals surface area contributed by atoms with E-state index in [1.165, 1.54) is 5.57 Å². The van der Waals surface area contributed by atoms with Crippen LogP contribution in [0.1, 0.15) is 51.5 Å². The summed E-state index contributed by atoms with van der Waals surface area (Å²) in [6.07, 6.45) is 5.22. The third kappa shape index (κ3) is 5.40. The van der Waals surface area contributed by atoms with Crippen LogP contribution in [0.25, 0.3) is 22.6 Å². The van der Waals surface area contributed by atoms with Crippen molar-refractivity contribution in [3.63, 3.8) is 0 Å². The molecule has 0 radical (unpaired) electrons. The molecule has 0 bridgehead atoms. The molecule has 9 nitrogen and oxygen atoms in total. The monoisotopic (exact) mass is 439 g/mol. The summed E-state index contributed by atoms with van der Waals surface area (Å²) in [6.45, 7) is 7.27. The van der Waals surface area contributed by atoms with E-state index in [0.29, 0.717) is 25.0 Å². The van der Waals surface area contributed by atoms with Gasteiger partial charge in [-0.2, -0.15) is 4.98 Å². The minimum absolute atomic E-state index is 0.132. The van der Waals surface area contributed by atoms with Crippen LogP contribution in [0, 0.1) is 6.92 Å². The van der Waals surface area contributed by atoms with Crippen LogP contribution in [-0.2, 0) is 11.3 Å². The van der Waals surface area contributed by atoms with Gasteiger partial charge in [0.25, 0.3) is 5.56 Å². The molecular formula is C23H29N5O4. The predicted molar refractivity (Wildman–Crippen MR) is 124 cm³/mol. The van der Waals surface area contributed by atoms with Crippen molar-refractivity contribution in [3.05, 3.63) is 50.2 Å². The van der Waals surface area contributed by atoms with E-state index in [1.54, 1.807) is 0 Å². The number of aromatic nitrogens is 4. The summed E-state index contributed by atoms with van der Waals surface area (Å²) in [7, 11) is 0. The smallest absolute Gasteiger partial charge is 0.349 e. The number of hydrogen-bond donors (Lipinski definition) is 3. The van der Waals surface area contributed by atoms with Crippen LogP contribution in [0.2, 0.25) is 0 Å². The highest BCUT2D eigenvalue weighted by molar-refractivity contribution is 5.84. The number of carbonyl (C=O) groups is 1. The van der Waals surface area contributed by atoms with Crippen molar-refractivity contribution in [2.24, 2.45) is 0 Å². The molecule has 0 saturated carbocycles. The maximum Gasteiger partial charge on any atom is 0.349 e. The lowest BCUT2D eigenvalue weighted by Gasteiger charge is -2.19. The standard InChI is InChI=1S/C23H29N5O4/c1-4-14(2)13-24-16-12-18-17(11-15(16)3)25-20-21(26-23(32)27-22(20)31)28(18)10-8-6-5-7-9-19(29)30/h4,11-12,24H,5-10,13H2,1-3H3,(H,29,30)(H,27,31,32)/b14-4-. The number of nitrogens with one attached hydrogen (secondary N) is 2. The van der Waals surface area contributed by atoms with Gasteiger partial charge in [0, 0.05) is 25.2 Å². The van der Waals surface area contributed by atoms with Gasteiger partial charge in [-0.05, 0) is 51.3 Å². The Morgan fingerprint density at radius 1 is 1.19 bits per heavy atom. The lowest BCUT2D eigenvalue weighted by molar-refractivity contribution is -0.137. The molecule has 170 valence electrons. The Morgan fingerprint density at radius 2 is 1.94 bits per heavy atom. The molecule has 32 heavy (non-hydrogen) atoms. The van der Waals surface area contributed by atoms with E-state index in [2.05, 4.69) is 33.3 Å². The van der Waals surface area contributed by atoms with Crippen LogP contribution < -0.4 is 16.6 Å². The first-order valence-electron chi connectivity index (χ1n) is 10.8. The number of aryl methyl sites for hydroxylation is 2. The number of carboxylic acids is 1. The molecule has 2 heterocycles. The second-order valence-corrected chi connectivity index (χ2v) is 8.01. The zero-order chi connectivity index (χ0) is 23.3. The van der Waals surface area contributed by atoms with Gasteiger partial charge in [-0.25, -0.2) is 9.78 Å². The molecule has 0 saturated heterocycles. The number of fused-ring (bicyclic) bond motifs is 2. The molecule has 0 aromatic heterocycles. The predicted octanol–water partition coefficient (Wildman–Crippen LogP) is 3.31. The molecule has 0 unspecified atom stereocenters. The quantitative estimate of drug-likeness (QED) is 0.251. The Bertz CT molecular complexity index is 1240. The van der Waals surface area contributed by atoms with Crippen LogP contribution in [0.15, 0.2) is 33.4 Å². The Morgan fingerprint density at radius 3 is 2.66 bits per heavy atom. The zero-order valence-electron chi connectivity index (χ0n) is 18.7. The normalized spacial score (nSPS) is 11.9. The van der Waals surface area contributed by atoms with E-state index < -0.39 is 17.2 Å². The van der Waals surface area contributed by atoms with E-state index in [0.717, 1.165) is 36.0 Å². The number of unbranched alkanes of at least 4 members (excludes halogenated alkanes) is 3. The van der Waals surface area contributed by atoms with Gasteiger partial charge in [-0.3, -0.25) is 14.6 Å². The Kier molecular flexibility index (Phi) is 7.40. The highest BCUT2D eigenvalue weighted by Crippen LogP contribution is 2.27. The summed E-state index contributed by atoms with van der Waals surface area (Å²) < 4.78 is 1.87. The summed E-state index contributed by atoms with van der Waals surface area (Å²) in [5, 5.41) is 12.2. The van der Waals surface area contributed by atoms with E-state index in [-0.39, 0.29) is 17.9 Å². The molecule has 2 aliphatic heterocycles. The molecule has 1 aromatic rings. The number of nitrogens with zero attached hydrogens (tertiary/aromatic N) is 3. The van der Waals surface area contributed by atoms with Gasteiger partial charge in [0.15, 0.2) is 11.5 Å². The number of allylic oxidation sites excluding steroid dienone is 1. The number of rotatable bonds is 10. The topological polar surface area (TPSA) is 130 Å².